The van der Waals surface area contributed by atoms with Crippen molar-refractivity contribution in [3.63, 3.8) is 0 Å². The van der Waals surface area contributed by atoms with Crippen LogP contribution >= 0.6 is 0 Å². The van der Waals surface area contributed by atoms with E-state index in [2.05, 4.69) is 29.8 Å². The van der Waals surface area contributed by atoms with Gasteiger partial charge in [-0.1, -0.05) is 13.8 Å². The number of rotatable bonds is 6. The van der Waals surface area contributed by atoms with Gasteiger partial charge in [-0.3, -0.25) is 19.8 Å². The Morgan fingerprint density at radius 2 is 1.80 bits per heavy atom. The predicted octanol–water partition coefficient (Wildman–Crippen LogP) is 1.94. The molecular formula is C21H30N4O5. The van der Waals surface area contributed by atoms with Gasteiger partial charge >= 0.3 is 6.03 Å². The molecule has 4 amide bonds. The first kappa shape index (κ1) is 21.9. The van der Waals surface area contributed by atoms with E-state index in [-0.39, 0.29) is 37.1 Å². The molecule has 0 aromatic heterocycles. The topological polar surface area (TPSA) is 109 Å². The zero-order valence-corrected chi connectivity index (χ0v) is 17.7. The molecule has 2 heterocycles. The molecule has 30 heavy (non-hydrogen) atoms. The van der Waals surface area contributed by atoms with Gasteiger partial charge in [0, 0.05) is 23.7 Å². The summed E-state index contributed by atoms with van der Waals surface area (Å²) in [5, 5.41) is 8.01. The number of piperidine rings is 1. The molecule has 1 aromatic carbocycles. The van der Waals surface area contributed by atoms with Crippen LogP contribution in [0.3, 0.4) is 0 Å². The Hall–Kier alpha value is -2.81. The Labute approximate surface area is 176 Å². The van der Waals surface area contributed by atoms with Crippen molar-refractivity contribution >= 4 is 23.5 Å². The van der Waals surface area contributed by atoms with Crippen LogP contribution in [-0.4, -0.2) is 55.2 Å². The fourth-order valence-electron chi connectivity index (χ4n) is 3.37. The summed E-state index contributed by atoms with van der Waals surface area (Å²) >= 11 is 0. The van der Waals surface area contributed by atoms with Gasteiger partial charge in [-0.15, -0.1) is 0 Å². The number of nitrogens with one attached hydrogen (secondary N) is 3. The largest absolute Gasteiger partial charge is 0.454 e. The molecular weight excluding hydrogens is 388 g/mol. The SMILES string of the molecule is CC(C)C(C)NC(=O)C1CCN(CC(=O)NC(=O)Nc2ccc3c(c2)OCO3)CC1. The average molecular weight is 418 g/mol. The van der Waals surface area contributed by atoms with Gasteiger partial charge < -0.3 is 20.1 Å². The van der Waals surface area contributed by atoms with Gasteiger partial charge in [0.25, 0.3) is 0 Å². The van der Waals surface area contributed by atoms with Crippen LogP contribution in [0.5, 0.6) is 11.5 Å². The Balaban J connectivity index is 1.38. The Bertz CT molecular complexity index is 790. The second kappa shape index (κ2) is 9.80. The van der Waals surface area contributed by atoms with E-state index in [1.54, 1.807) is 18.2 Å². The standard InChI is InChI=1S/C21H30N4O5/c1-13(2)14(3)22-20(27)15-6-8-25(9-7-15)11-19(26)24-21(28)23-16-4-5-17-18(10-16)30-12-29-17/h4-5,10,13-15H,6-9,11-12H2,1-3H3,(H,22,27)(H2,23,24,26,28). The molecule has 0 saturated carbocycles. The van der Waals surface area contributed by atoms with E-state index < -0.39 is 6.03 Å². The number of nitrogens with zero attached hydrogens (tertiary/aromatic N) is 1. The third kappa shape index (κ3) is 5.85. The van der Waals surface area contributed by atoms with Crippen molar-refractivity contribution in [3.05, 3.63) is 18.2 Å². The molecule has 0 spiro atoms. The summed E-state index contributed by atoms with van der Waals surface area (Å²) in [6.45, 7) is 7.72. The molecule has 9 nitrogen and oxygen atoms in total. The van der Waals surface area contributed by atoms with Crippen molar-refractivity contribution in [2.24, 2.45) is 11.8 Å². The van der Waals surface area contributed by atoms with Crippen molar-refractivity contribution < 1.29 is 23.9 Å². The normalized spacial score (nSPS) is 17.5. The maximum atomic E-state index is 12.4. The molecule has 164 valence electrons. The summed E-state index contributed by atoms with van der Waals surface area (Å²) < 4.78 is 10.5. The fraction of sp³-hybridized carbons (Fsp3) is 0.571. The number of benzene rings is 1. The lowest BCUT2D eigenvalue weighted by Gasteiger charge is -2.31. The highest BCUT2D eigenvalue weighted by Gasteiger charge is 2.27. The first-order valence-electron chi connectivity index (χ1n) is 10.3. The minimum atomic E-state index is -0.601. The fourth-order valence-corrected chi connectivity index (χ4v) is 3.37. The molecule has 0 radical (unpaired) electrons. The highest BCUT2D eigenvalue weighted by atomic mass is 16.7. The Morgan fingerprint density at radius 1 is 1.10 bits per heavy atom. The monoisotopic (exact) mass is 418 g/mol. The van der Waals surface area contributed by atoms with Crippen LogP contribution in [0.15, 0.2) is 18.2 Å². The van der Waals surface area contributed by atoms with Crippen molar-refractivity contribution in [1.82, 2.24) is 15.5 Å². The third-order valence-electron chi connectivity index (χ3n) is 5.58. The number of ether oxygens (including phenoxy) is 2. The minimum absolute atomic E-state index is 0.0279. The van der Waals surface area contributed by atoms with Crippen LogP contribution < -0.4 is 25.4 Å². The quantitative estimate of drug-likeness (QED) is 0.651. The Morgan fingerprint density at radius 3 is 2.50 bits per heavy atom. The molecule has 1 unspecified atom stereocenters. The average Bonchev–Trinajstić information content (AvgIpc) is 3.16. The zero-order valence-electron chi connectivity index (χ0n) is 17.7. The molecule has 3 rings (SSSR count). The lowest BCUT2D eigenvalue weighted by atomic mass is 9.95. The van der Waals surface area contributed by atoms with E-state index in [0.717, 1.165) is 0 Å². The summed E-state index contributed by atoms with van der Waals surface area (Å²) in [6.07, 6.45) is 1.40. The molecule has 1 atom stereocenters. The van der Waals surface area contributed by atoms with E-state index in [9.17, 15) is 14.4 Å². The second-order valence-corrected chi connectivity index (χ2v) is 8.16. The van der Waals surface area contributed by atoms with Gasteiger partial charge in [-0.2, -0.15) is 0 Å². The number of carbonyl (C=O) groups is 3. The van der Waals surface area contributed by atoms with Crippen LogP contribution in [0.2, 0.25) is 0 Å². The second-order valence-electron chi connectivity index (χ2n) is 8.16. The predicted molar refractivity (Wildman–Crippen MR) is 111 cm³/mol. The van der Waals surface area contributed by atoms with Gasteiger partial charge in [0.1, 0.15) is 0 Å². The molecule has 3 N–H and O–H groups in total. The van der Waals surface area contributed by atoms with E-state index in [0.29, 0.717) is 49.0 Å². The molecule has 1 aromatic rings. The number of anilines is 1. The molecule has 1 fully saturated rings. The number of hydrogen-bond acceptors (Lipinski definition) is 6. The molecule has 2 aliphatic rings. The summed E-state index contributed by atoms with van der Waals surface area (Å²) in [5.74, 6) is 1.23. The number of carbonyl (C=O) groups excluding carboxylic acids is 3. The third-order valence-corrected chi connectivity index (χ3v) is 5.58. The van der Waals surface area contributed by atoms with Crippen molar-refractivity contribution in [2.75, 3.05) is 31.7 Å². The van der Waals surface area contributed by atoms with Crippen LogP contribution in [0.25, 0.3) is 0 Å². The van der Waals surface area contributed by atoms with Gasteiger partial charge in [0.2, 0.25) is 18.6 Å². The van der Waals surface area contributed by atoms with E-state index in [1.807, 2.05) is 11.8 Å². The van der Waals surface area contributed by atoms with E-state index in [4.69, 9.17) is 9.47 Å². The zero-order chi connectivity index (χ0) is 21.7. The maximum absolute atomic E-state index is 12.4. The van der Waals surface area contributed by atoms with Crippen LogP contribution in [0.1, 0.15) is 33.6 Å². The minimum Gasteiger partial charge on any atom is -0.454 e. The summed E-state index contributed by atoms with van der Waals surface area (Å²) in [4.78, 5) is 38.6. The van der Waals surface area contributed by atoms with Crippen LogP contribution in [-0.2, 0) is 9.59 Å². The van der Waals surface area contributed by atoms with Crippen LogP contribution in [0, 0.1) is 11.8 Å². The van der Waals surface area contributed by atoms with E-state index in [1.165, 1.54) is 0 Å². The first-order chi connectivity index (χ1) is 14.3. The lowest BCUT2D eigenvalue weighted by Crippen LogP contribution is -2.47. The maximum Gasteiger partial charge on any atom is 0.325 e. The molecule has 2 aliphatic heterocycles. The molecule has 0 aliphatic carbocycles. The number of likely N-dealkylation sites (tertiary alicyclic amines) is 1. The number of imide groups is 1. The molecule has 9 heteroatoms. The van der Waals surface area contributed by atoms with Gasteiger partial charge in [0.15, 0.2) is 11.5 Å². The van der Waals surface area contributed by atoms with Gasteiger partial charge in [0.05, 0.1) is 6.54 Å². The van der Waals surface area contributed by atoms with Crippen molar-refractivity contribution in [1.29, 1.82) is 0 Å². The lowest BCUT2D eigenvalue weighted by molar-refractivity contribution is -0.127. The number of hydrogen-bond donors (Lipinski definition) is 3. The van der Waals surface area contributed by atoms with Crippen molar-refractivity contribution in [3.8, 4) is 11.5 Å². The molecule has 0 bridgehead atoms. The summed E-state index contributed by atoms with van der Waals surface area (Å²) in [6, 6.07) is 4.55. The van der Waals surface area contributed by atoms with E-state index >= 15 is 0 Å². The van der Waals surface area contributed by atoms with Gasteiger partial charge in [-0.25, -0.2) is 4.79 Å². The van der Waals surface area contributed by atoms with Crippen LogP contribution in [0.4, 0.5) is 10.5 Å². The smallest absolute Gasteiger partial charge is 0.325 e. The number of urea groups is 1. The van der Waals surface area contributed by atoms with Gasteiger partial charge in [-0.05, 0) is 50.9 Å². The summed E-state index contributed by atoms with van der Waals surface area (Å²) in [7, 11) is 0. The summed E-state index contributed by atoms with van der Waals surface area (Å²) in [5.41, 5.74) is 0.506. The number of fused-ring (bicyclic) bond motifs is 1. The Kier molecular flexibility index (Phi) is 7.15. The van der Waals surface area contributed by atoms with Crippen molar-refractivity contribution in [2.45, 2.75) is 39.7 Å². The molecule has 1 saturated heterocycles. The first-order valence-corrected chi connectivity index (χ1v) is 10.3. The highest BCUT2D eigenvalue weighted by Crippen LogP contribution is 2.34. The highest BCUT2D eigenvalue weighted by molar-refractivity contribution is 6.01. The number of amides is 4.